The zero-order valence-electron chi connectivity index (χ0n) is 10.2. The smallest absolute Gasteiger partial charge is 0.205 e. The number of hydrogen-bond donors (Lipinski definition) is 1. The standard InChI is InChI=1S/C13H16N4S/c1-2-5-11(6-3-1)12-15-13(18-16-12)17-9-4-7-14-8-10-17/h1-3,5-6,14H,4,7-10H2/p+1. The molecule has 94 valence electrons. The summed E-state index contributed by atoms with van der Waals surface area (Å²) in [6.45, 7) is 4.55. The summed E-state index contributed by atoms with van der Waals surface area (Å²) in [5, 5.41) is 3.43. The molecule has 1 saturated heterocycles. The van der Waals surface area contributed by atoms with E-state index in [4.69, 9.17) is 0 Å². The summed E-state index contributed by atoms with van der Waals surface area (Å²) in [7, 11) is 0. The molecule has 2 N–H and O–H groups in total. The lowest BCUT2D eigenvalue weighted by Gasteiger charge is -2.16. The van der Waals surface area contributed by atoms with Gasteiger partial charge in [0.2, 0.25) is 5.13 Å². The Bertz CT molecular complexity index is 489. The fourth-order valence-electron chi connectivity index (χ4n) is 2.17. The van der Waals surface area contributed by atoms with Gasteiger partial charge in [-0.1, -0.05) is 30.3 Å². The minimum Gasteiger partial charge on any atom is -0.345 e. The van der Waals surface area contributed by atoms with E-state index in [-0.39, 0.29) is 0 Å². The van der Waals surface area contributed by atoms with Crippen LogP contribution in [-0.4, -0.2) is 35.5 Å². The molecule has 0 bridgehead atoms. The molecular weight excluding hydrogens is 244 g/mol. The van der Waals surface area contributed by atoms with Crippen LogP contribution in [0.1, 0.15) is 6.42 Å². The van der Waals surface area contributed by atoms with Crippen molar-refractivity contribution in [2.24, 2.45) is 0 Å². The molecule has 0 saturated carbocycles. The van der Waals surface area contributed by atoms with Crippen molar-refractivity contribution in [1.29, 1.82) is 0 Å². The molecule has 2 heterocycles. The first-order valence-electron chi connectivity index (χ1n) is 6.39. The van der Waals surface area contributed by atoms with Gasteiger partial charge >= 0.3 is 0 Å². The van der Waals surface area contributed by atoms with Crippen molar-refractivity contribution < 1.29 is 5.32 Å². The molecule has 0 atom stereocenters. The van der Waals surface area contributed by atoms with Gasteiger partial charge in [-0.05, 0) is 0 Å². The molecule has 0 spiro atoms. The van der Waals surface area contributed by atoms with Crippen molar-refractivity contribution in [1.82, 2.24) is 9.36 Å². The van der Waals surface area contributed by atoms with Gasteiger partial charge in [0, 0.05) is 30.1 Å². The molecule has 1 fully saturated rings. The molecule has 1 aromatic heterocycles. The number of anilines is 1. The van der Waals surface area contributed by atoms with E-state index in [1.165, 1.54) is 24.5 Å². The molecule has 0 aliphatic carbocycles. The second-order valence-corrected chi connectivity index (χ2v) is 5.20. The van der Waals surface area contributed by atoms with Gasteiger partial charge in [-0.3, -0.25) is 0 Å². The summed E-state index contributed by atoms with van der Waals surface area (Å²) >= 11 is 1.51. The van der Waals surface area contributed by atoms with E-state index in [1.807, 2.05) is 18.2 Å². The number of benzene rings is 1. The molecule has 0 radical (unpaired) electrons. The predicted octanol–water partition coefficient (Wildman–Crippen LogP) is 0.979. The van der Waals surface area contributed by atoms with Crippen LogP contribution in [0.3, 0.4) is 0 Å². The number of quaternary nitrogens is 1. The number of hydrogen-bond acceptors (Lipinski definition) is 4. The highest BCUT2D eigenvalue weighted by Crippen LogP contribution is 2.23. The summed E-state index contributed by atoms with van der Waals surface area (Å²) < 4.78 is 4.47. The minimum absolute atomic E-state index is 0.851. The average Bonchev–Trinajstić information content (AvgIpc) is 2.76. The second kappa shape index (κ2) is 5.46. The molecule has 18 heavy (non-hydrogen) atoms. The normalized spacial score (nSPS) is 16.6. The quantitative estimate of drug-likeness (QED) is 0.876. The number of nitrogens with two attached hydrogens (primary N) is 1. The molecule has 3 rings (SSSR count). The van der Waals surface area contributed by atoms with E-state index in [0.717, 1.165) is 36.2 Å². The lowest BCUT2D eigenvalue weighted by molar-refractivity contribution is -0.650. The maximum absolute atomic E-state index is 4.67. The number of nitrogens with zero attached hydrogens (tertiary/aromatic N) is 3. The van der Waals surface area contributed by atoms with E-state index >= 15 is 0 Å². The third-order valence-corrected chi connectivity index (χ3v) is 3.93. The van der Waals surface area contributed by atoms with Gasteiger partial charge in [-0.2, -0.15) is 9.36 Å². The lowest BCUT2D eigenvalue weighted by atomic mass is 10.2. The zero-order chi connectivity index (χ0) is 12.2. The topological polar surface area (TPSA) is 45.6 Å². The summed E-state index contributed by atoms with van der Waals surface area (Å²) in [6, 6.07) is 10.2. The molecule has 0 unspecified atom stereocenters. The summed E-state index contributed by atoms with van der Waals surface area (Å²) in [5.74, 6) is 0.851. The van der Waals surface area contributed by atoms with Gasteiger partial charge in [-0.25, -0.2) is 0 Å². The van der Waals surface area contributed by atoms with Gasteiger partial charge in [-0.15, -0.1) is 0 Å². The molecule has 1 aromatic carbocycles. The maximum atomic E-state index is 4.67. The monoisotopic (exact) mass is 261 g/mol. The number of aromatic nitrogens is 2. The van der Waals surface area contributed by atoms with Crippen LogP contribution in [-0.2, 0) is 0 Å². The maximum Gasteiger partial charge on any atom is 0.205 e. The Morgan fingerprint density at radius 1 is 1.11 bits per heavy atom. The van der Waals surface area contributed by atoms with Crippen LogP contribution >= 0.6 is 11.5 Å². The van der Waals surface area contributed by atoms with Crippen LogP contribution in [0.4, 0.5) is 5.13 Å². The fraction of sp³-hybridized carbons (Fsp3) is 0.385. The first kappa shape index (κ1) is 11.6. The summed E-state index contributed by atoms with van der Waals surface area (Å²) in [6.07, 6.45) is 1.22. The average molecular weight is 261 g/mol. The SMILES string of the molecule is c1ccc(-c2nsc(N3CCC[NH2+]CC3)n2)cc1. The van der Waals surface area contributed by atoms with E-state index in [9.17, 15) is 0 Å². The highest BCUT2D eigenvalue weighted by atomic mass is 32.1. The van der Waals surface area contributed by atoms with E-state index in [0.29, 0.717) is 0 Å². The van der Waals surface area contributed by atoms with Gasteiger partial charge in [0.05, 0.1) is 19.6 Å². The summed E-state index contributed by atoms with van der Waals surface area (Å²) in [5.41, 5.74) is 1.10. The largest absolute Gasteiger partial charge is 0.345 e. The van der Waals surface area contributed by atoms with Crippen molar-refractivity contribution >= 4 is 16.7 Å². The van der Waals surface area contributed by atoms with Gasteiger partial charge in [0.25, 0.3) is 0 Å². The van der Waals surface area contributed by atoms with Crippen molar-refractivity contribution in [2.75, 3.05) is 31.1 Å². The van der Waals surface area contributed by atoms with E-state index in [2.05, 4.69) is 31.7 Å². The Labute approximate surface area is 111 Å². The van der Waals surface area contributed by atoms with Crippen LogP contribution in [0.5, 0.6) is 0 Å². The molecule has 1 aliphatic rings. The third-order valence-electron chi connectivity index (χ3n) is 3.16. The van der Waals surface area contributed by atoms with Crippen molar-refractivity contribution in [3.05, 3.63) is 30.3 Å². The molecule has 5 heteroatoms. The van der Waals surface area contributed by atoms with Crippen molar-refractivity contribution in [2.45, 2.75) is 6.42 Å². The van der Waals surface area contributed by atoms with Gasteiger partial charge in [0.15, 0.2) is 5.82 Å². The van der Waals surface area contributed by atoms with Crippen molar-refractivity contribution in [3.8, 4) is 11.4 Å². The van der Waals surface area contributed by atoms with E-state index < -0.39 is 0 Å². The van der Waals surface area contributed by atoms with Crippen LogP contribution in [0.25, 0.3) is 11.4 Å². The Hall–Kier alpha value is -1.46. The van der Waals surface area contributed by atoms with Gasteiger partial charge in [0.1, 0.15) is 0 Å². The highest BCUT2D eigenvalue weighted by molar-refractivity contribution is 7.09. The minimum atomic E-state index is 0.851. The molecule has 2 aromatic rings. The first-order valence-corrected chi connectivity index (χ1v) is 7.16. The summed E-state index contributed by atoms with van der Waals surface area (Å²) in [4.78, 5) is 7.02. The van der Waals surface area contributed by atoms with Crippen LogP contribution < -0.4 is 10.2 Å². The Morgan fingerprint density at radius 3 is 2.89 bits per heavy atom. The lowest BCUT2D eigenvalue weighted by Crippen LogP contribution is -2.84. The zero-order valence-corrected chi connectivity index (χ0v) is 11.1. The van der Waals surface area contributed by atoms with E-state index in [1.54, 1.807) is 0 Å². The van der Waals surface area contributed by atoms with Crippen LogP contribution in [0, 0.1) is 0 Å². The highest BCUT2D eigenvalue weighted by Gasteiger charge is 2.15. The Balaban J connectivity index is 1.80. The first-order chi connectivity index (χ1) is 8.93. The number of rotatable bonds is 2. The Morgan fingerprint density at radius 2 is 2.00 bits per heavy atom. The van der Waals surface area contributed by atoms with Crippen LogP contribution in [0.2, 0.25) is 0 Å². The second-order valence-electron chi connectivity index (χ2n) is 4.47. The molecular formula is C13H17N4S+. The Kier molecular flexibility index (Phi) is 3.52. The molecule has 4 nitrogen and oxygen atoms in total. The molecule has 0 amide bonds. The molecule has 1 aliphatic heterocycles. The van der Waals surface area contributed by atoms with Crippen LogP contribution in [0.15, 0.2) is 30.3 Å². The predicted molar refractivity (Wildman–Crippen MR) is 73.8 cm³/mol. The third kappa shape index (κ3) is 2.52. The van der Waals surface area contributed by atoms with Gasteiger partial charge < -0.3 is 10.2 Å². The fourth-order valence-corrected chi connectivity index (χ4v) is 2.91. The van der Waals surface area contributed by atoms with Crippen molar-refractivity contribution in [3.63, 3.8) is 0 Å².